The number of halogens is 4. The molecule has 0 unspecified atom stereocenters. The van der Waals surface area contributed by atoms with Crippen LogP contribution in [0, 0.1) is 5.92 Å². The van der Waals surface area contributed by atoms with Gasteiger partial charge in [0.2, 0.25) is 0 Å². The second-order valence-electron chi connectivity index (χ2n) is 7.04. The van der Waals surface area contributed by atoms with E-state index < -0.39 is 36.9 Å². The Morgan fingerprint density at radius 1 is 1.29 bits per heavy atom. The molecule has 2 N–H and O–H groups in total. The van der Waals surface area contributed by atoms with Crippen molar-refractivity contribution in [3.63, 3.8) is 0 Å². The van der Waals surface area contributed by atoms with Crippen molar-refractivity contribution < 1.29 is 27.5 Å². The smallest absolute Gasteiger partial charge is 0.408 e. The van der Waals surface area contributed by atoms with Gasteiger partial charge in [-0.3, -0.25) is 9.69 Å². The third-order valence-corrected chi connectivity index (χ3v) is 5.26. The molecular weight excluding hydrogens is 399 g/mol. The van der Waals surface area contributed by atoms with E-state index in [1.807, 2.05) is 0 Å². The Morgan fingerprint density at radius 2 is 1.93 bits per heavy atom. The number of alkyl carbamates (subject to hydrolysis) is 1. The minimum atomic E-state index is -4.23. The summed E-state index contributed by atoms with van der Waals surface area (Å²) in [5.41, 5.74) is 0.810. The zero-order valence-electron chi connectivity index (χ0n) is 15.0. The molecule has 0 radical (unpaired) electrons. The summed E-state index contributed by atoms with van der Waals surface area (Å²) in [6.45, 7) is -0.252. The first-order chi connectivity index (χ1) is 13.2. The molecule has 2 fully saturated rings. The molecule has 0 spiro atoms. The Labute approximate surface area is 165 Å². The second-order valence-corrected chi connectivity index (χ2v) is 7.48. The SMILES string of the molecule is O=C1NC[C@@H](C(=O)N[C@H](c2ccc(Cl)cc2)C2CCN(CC(F)(F)F)CC2)O1. The van der Waals surface area contributed by atoms with E-state index in [4.69, 9.17) is 16.3 Å². The third-order valence-electron chi connectivity index (χ3n) is 5.01. The first-order valence-electron chi connectivity index (χ1n) is 9.01. The lowest BCUT2D eigenvalue weighted by atomic mass is 9.85. The number of cyclic esters (lactones) is 1. The van der Waals surface area contributed by atoms with Crippen molar-refractivity contribution in [2.75, 3.05) is 26.2 Å². The lowest BCUT2D eigenvalue weighted by molar-refractivity contribution is -0.149. The number of benzene rings is 1. The predicted octanol–water partition coefficient (Wildman–Crippen LogP) is 2.88. The zero-order valence-corrected chi connectivity index (χ0v) is 15.7. The number of ether oxygens (including phenoxy) is 1. The highest BCUT2D eigenvalue weighted by atomic mass is 35.5. The van der Waals surface area contributed by atoms with Crippen molar-refractivity contribution in [1.29, 1.82) is 0 Å². The van der Waals surface area contributed by atoms with Gasteiger partial charge < -0.3 is 15.4 Å². The number of likely N-dealkylation sites (tertiary alicyclic amines) is 1. The van der Waals surface area contributed by atoms with Crippen LogP contribution in [0.1, 0.15) is 24.4 Å². The number of nitrogens with zero attached hydrogens (tertiary/aromatic N) is 1. The molecule has 10 heteroatoms. The molecule has 1 aromatic rings. The molecule has 2 aliphatic rings. The molecule has 154 valence electrons. The van der Waals surface area contributed by atoms with Crippen molar-refractivity contribution in [2.24, 2.45) is 5.92 Å². The van der Waals surface area contributed by atoms with Gasteiger partial charge in [0.25, 0.3) is 5.91 Å². The fourth-order valence-corrected chi connectivity index (χ4v) is 3.75. The van der Waals surface area contributed by atoms with Crippen LogP contribution in [0.2, 0.25) is 5.02 Å². The van der Waals surface area contributed by atoms with Crippen molar-refractivity contribution in [1.82, 2.24) is 15.5 Å². The minimum Gasteiger partial charge on any atom is -0.434 e. The van der Waals surface area contributed by atoms with Crippen molar-refractivity contribution in [3.05, 3.63) is 34.9 Å². The maximum atomic E-state index is 12.6. The molecule has 1 aromatic carbocycles. The number of carbonyl (C=O) groups excluding carboxylic acids is 2. The minimum absolute atomic E-state index is 0.0420. The molecule has 2 atom stereocenters. The average Bonchev–Trinajstić information content (AvgIpc) is 3.06. The van der Waals surface area contributed by atoms with Crippen LogP contribution in [0.4, 0.5) is 18.0 Å². The lowest BCUT2D eigenvalue weighted by Gasteiger charge is -2.37. The quantitative estimate of drug-likeness (QED) is 0.770. The molecular formula is C18H21ClF3N3O3. The Kier molecular flexibility index (Phi) is 6.34. The van der Waals surface area contributed by atoms with Crippen molar-refractivity contribution in [2.45, 2.75) is 31.2 Å². The molecule has 2 heterocycles. The summed E-state index contributed by atoms with van der Waals surface area (Å²) in [6.07, 6.45) is -4.79. The van der Waals surface area contributed by atoms with Gasteiger partial charge in [0.05, 0.1) is 19.1 Å². The molecule has 0 aliphatic carbocycles. The van der Waals surface area contributed by atoms with Crippen molar-refractivity contribution in [3.8, 4) is 0 Å². The highest BCUT2D eigenvalue weighted by molar-refractivity contribution is 6.30. The Bertz CT molecular complexity index is 706. The first-order valence-corrected chi connectivity index (χ1v) is 9.38. The van der Waals surface area contributed by atoms with Gasteiger partial charge in [-0.1, -0.05) is 23.7 Å². The topological polar surface area (TPSA) is 70.7 Å². The monoisotopic (exact) mass is 419 g/mol. The summed E-state index contributed by atoms with van der Waals surface area (Å²) < 4.78 is 42.8. The van der Waals surface area contributed by atoms with Crippen LogP contribution in [-0.4, -0.2) is 55.4 Å². The van der Waals surface area contributed by atoms with Crippen LogP contribution in [0.25, 0.3) is 0 Å². The molecule has 0 bridgehead atoms. The molecule has 6 nitrogen and oxygen atoms in total. The number of hydrogen-bond acceptors (Lipinski definition) is 4. The van der Waals surface area contributed by atoms with Gasteiger partial charge in [-0.2, -0.15) is 13.2 Å². The van der Waals surface area contributed by atoms with E-state index in [0.717, 1.165) is 5.56 Å². The number of nitrogens with one attached hydrogen (secondary N) is 2. The van der Waals surface area contributed by atoms with Gasteiger partial charge in [-0.05, 0) is 49.5 Å². The molecule has 3 rings (SSSR count). The number of piperidine rings is 1. The van der Waals surface area contributed by atoms with E-state index in [9.17, 15) is 22.8 Å². The fraction of sp³-hybridized carbons (Fsp3) is 0.556. The summed E-state index contributed by atoms with van der Waals surface area (Å²) in [5.74, 6) is -0.476. The normalized spacial score (nSPS) is 22.4. The van der Waals surface area contributed by atoms with E-state index in [1.54, 1.807) is 24.3 Å². The van der Waals surface area contributed by atoms with E-state index in [-0.39, 0.29) is 12.5 Å². The Balaban J connectivity index is 1.69. The van der Waals surface area contributed by atoms with Gasteiger partial charge in [0.15, 0.2) is 6.10 Å². The lowest BCUT2D eigenvalue weighted by Crippen LogP contribution is -2.46. The highest BCUT2D eigenvalue weighted by Crippen LogP contribution is 2.32. The predicted molar refractivity (Wildman–Crippen MR) is 95.8 cm³/mol. The van der Waals surface area contributed by atoms with E-state index in [0.29, 0.717) is 31.0 Å². The van der Waals surface area contributed by atoms with Crippen LogP contribution in [0.3, 0.4) is 0 Å². The largest absolute Gasteiger partial charge is 0.434 e. The van der Waals surface area contributed by atoms with Gasteiger partial charge in [0, 0.05) is 5.02 Å². The van der Waals surface area contributed by atoms with Crippen LogP contribution in [0.15, 0.2) is 24.3 Å². The summed E-state index contributed by atoms with van der Waals surface area (Å²) in [4.78, 5) is 25.1. The Hall–Kier alpha value is -2.00. The summed E-state index contributed by atoms with van der Waals surface area (Å²) >= 11 is 5.94. The third kappa shape index (κ3) is 5.51. The molecule has 0 saturated carbocycles. The maximum absolute atomic E-state index is 12.6. The van der Waals surface area contributed by atoms with E-state index >= 15 is 0 Å². The van der Waals surface area contributed by atoms with Crippen LogP contribution in [0.5, 0.6) is 0 Å². The van der Waals surface area contributed by atoms with E-state index in [1.165, 1.54) is 4.90 Å². The number of alkyl halides is 3. The molecule has 2 amide bonds. The van der Waals surface area contributed by atoms with Gasteiger partial charge in [0.1, 0.15) is 0 Å². The second kappa shape index (κ2) is 8.57. The van der Waals surface area contributed by atoms with E-state index in [2.05, 4.69) is 10.6 Å². The summed E-state index contributed by atoms with van der Waals surface area (Å²) in [5, 5.41) is 5.88. The van der Waals surface area contributed by atoms with Crippen LogP contribution < -0.4 is 10.6 Å². The average molecular weight is 420 g/mol. The standard InChI is InChI=1S/C18H21ClF3N3O3/c19-13-3-1-11(2-4-13)15(24-16(26)14-9-23-17(27)28-14)12-5-7-25(8-6-12)10-18(20,21)22/h1-4,12,14-15H,5-10H2,(H,23,27)(H,24,26)/t14-,15+/m0/s1. The number of rotatable bonds is 5. The highest BCUT2D eigenvalue weighted by Gasteiger charge is 2.36. The summed E-state index contributed by atoms with van der Waals surface area (Å²) in [7, 11) is 0. The van der Waals surface area contributed by atoms with Crippen LogP contribution >= 0.6 is 11.6 Å². The first kappa shape index (κ1) is 20.7. The number of carbonyl (C=O) groups is 2. The van der Waals surface area contributed by atoms with Gasteiger partial charge in [-0.25, -0.2) is 4.79 Å². The molecule has 0 aromatic heterocycles. The van der Waals surface area contributed by atoms with Crippen molar-refractivity contribution >= 4 is 23.6 Å². The maximum Gasteiger partial charge on any atom is 0.408 e. The summed E-state index contributed by atoms with van der Waals surface area (Å²) in [6, 6.07) is 6.57. The van der Waals surface area contributed by atoms with Crippen LogP contribution in [-0.2, 0) is 9.53 Å². The fourth-order valence-electron chi connectivity index (χ4n) is 3.62. The molecule has 2 aliphatic heterocycles. The van der Waals surface area contributed by atoms with Gasteiger partial charge in [-0.15, -0.1) is 0 Å². The Morgan fingerprint density at radius 3 is 2.46 bits per heavy atom. The van der Waals surface area contributed by atoms with Gasteiger partial charge >= 0.3 is 12.3 Å². The number of hydrogen-bond donors (Lipinski definition) is 2. The molecule has 2 saturated heterocycles. The molecule has 28 heavy (non-hydrogen) atoms. The zero-order chi connectivity index (χ0) is 20.3. The number of amides is 2.